The maximum atomic E-state index is 11.8. The van der Waals surface area contributed by atoms with Crippen LogP contribution in [0.4, 0.5) is 11.4 Å². The number of anilines is 1. The first kappa shape index (κ1) is 14.9. The SMILES string of the molecule is O=C(C=Cc1cccc([N+](=O)[O-])c1)Nc1cccc(Br)c1. The topological polar surface area (TPSA) is 72.2 Å². The molecule has 2 aromatic rings. The van der Waals surface area contributed by atoms with Crippen LogP contribution in [0.5, 0.6) is 0 Å². The number of hydrogen-bond acceptors (Lipinski definition) is 3. The van der Waals surface area contributed by atoms with Crippen molar-refractivity contribution in [2.24, 2.45) is 0 Å². The van der Waals surface area contributed by atoms with Gasteiger partial charge in [-0.15, -0.1) is 0 Å². The van der Waals surface area contributed by atoms with Gasteiger partial charge in [-0.25, -0.2) is 0 Å². The lowest BCUT2D eigenvalue weighted by molar-refractivity contribution is -0.384. The molecule has 21 heavy (non-hydrogen) atoms. The second-order valence-corrected chi connectivity index (χ2v) is 5.10. The van der Waals surface area contributed by atoms with Gasteiger partial charge in [0, 0.05) is 28.4 Å². The normalized spacial score (nSPS) is 10.5. The Balaban J connectivity index is 2.05. The highest BCUT2D eigenvalue weighted by atomic mass is 79.9. The summed E-state index contributed by atoms with van der Waals surface area (Å²) >= 11 is 3.32. The highest BCUT2D eigenvalue weighted by molar-refractivity contribution is 9.10. The Hall–Kier alpha value is -2.47. The summed E-state index contributed by atoms with van der Waals surface area (Å²) in [5.41, 5.74) is 1.25. The molecule has 0 heterocycles. The third-order valence-electron chi connectivity index (χ3n) is 2.60. The third-order valence-corrected chi connectivity index (χ3v) is 3.09. The van der Waals surface area contributed by atoms with E-state index in [2.05, 4.69) is 21.2 Å². The molecule has 0 fully saturated rings. The average Bonchev–Trinajstić information content (AvgIpc) is 2.45. The van der Waals surface area contributed by atoms with Crippen LogP contribution in [0.3, 0.4) is 0 Å². The molecule has 0 spiro atoms. The number of nitro groups is 1. The van der Waals surface area contributed by atoms with Crippen LogP contribution in [0.15, 0.2) is 59.1 Å². The largest absolute Gasteiger partial charge is 0.322 e. The Kier molecular flexibility index (Phi) is 4.84. The van der Waals surface area contributed by atoms with Crippen molar-refractivity contribution in [3.63, 3.8) is 0 Å². The molecule has 0 aliphatic rings. The third kappa shape index (κ3) is 4.54. The van der Waals surface area contributed by atoms with Gasteiger partial charge in [-0.3, -0.25) is 14.9 Å². The Morgan fingerprint density at radius 3 is 2.67 bits per heavy atom. The summed E-state index contributed by atoms with van der Waals surface area (Å²) in [6.45, 7) is 0. The lowest BCUT2D eigenvalue weighted by atomic mass is 10.2. The van der Waals surface area contributed by atoms with Crippen molar-refractivity contribution in [2.75, 3.05) is 5.32 Å². The zero-order valence-corrected chi connectivity index (χ0v) is 12.4. The summed E-state index contributed by atoms with van der Waals surface area (Å²) in [4.78, 5) is 22.0. The predicted octanol–water partition coefficient (Wildman–Crippen LogP) is 4.01. The highest BCUT2D eigenvalue weighted by Gasteiger charge is 2.04. The lowest BCUT2D eigenvalue weighted by Crippen LogP contribution is -2.07. The molecule has 106 valence electrons. The first-order valence-electron chi connectivity index (χ1n) is 6.04. The van der Waals surface area contributed by atoms with Crippen molar-refractivity contribution >= 4 is 39.3 Å². The number of rotatable bonds is 4. The van der Waals surface area contributed by atoms with Crippen molar-refractivity contribution in [3.8, 4) is 0 Å². The number of benzene rings is 2. The molecule has 5 nitrogen and oxygen atoms in total. The fourth-order valence-corrected chi connectivity index (χ4v) is 2.06. The molecule has 2 aromatic carbocycles. The van der Waals surface area contributed by atoms with Crippen molar-refractivity contribution < 1.29 is 9.72 Å². The van der Waals surface area contributed by atoms with Crippen molar-refractivity contribution in [2.45, 2.75) is 0 Å². The second kappa shape index (κ2) is 6.81. The molecule has 2 rings (SSSR count). The van der Waals surface area contributed by atoms with E-state index in [1.807, 2.05) is 12.1 Å². The minimum absolute atomic E-state index is 0.00968. The first-order valence-corrected chi connectivity index (χ1v) is 6.83. The summed E-state index contributed by atoms with van der Waals surface area (Å²) in [5, 5.41) is 13.4. The standard InChI is InChI=1S/C15H11BrN2O3/c16-12-4-2-5-13(10-12)17-15(19)8-7-11-3-1-6-14(9-11)18(20)21/h1-10H,(H,17,19). The van der Waals surface area contributed by atoms with Crippen LogP contribution in [-0.4, -0.2) is 10.8 Å². The van der Waals surface area contributed by atoms with Crippen molar-refractivity contribution in [1.82, 2.24) is 0 Å². The molecular formula is C15H11BrN2O3. The maximum Gasteiger partial charge on any atom is 0.270 e. The average molecular weight is 347 g/mol. The predicted molar refractivity (Wildman–Crippen MR) is 84.9 cm³/mol. The minimum Gasteiger partial charge on any atom is -0.322 e. The van der Waals surface area contributed by atoms with E-state index in [-0.39, 0.29) is 11.6 Å². The molecule has 0 saturated heterocycles. The fourth-order valence-electron chi connectivity index (χ4n) is 1.66. The molecule has 0 saturated carbocycles. The lowest BCUT2D eigenvalue weighted by Gasteiger charge is -2.02. The monoisotopic (exact) mass is 346 g/mol. The summed E-state index contributed by atoms with van der Waals surface area (Å²) < 4.78 is 0.864. The van der Waals surface area contributed by atoms with Crippen molar-refractivity contribution in [1.29, 1.82) is 0 Å². The van der Waals surface area contributed by atoms with E-state index in [0.29, 0.717) is 11.3 Å². The van der Waals surface area contributed by atoms with Gasteiger partial charge in [-0.2, -0.15) is 0 Å². The van der Waals surface area contributed by atoms with Crippen LogP contribution in [-0.2, 0) is 4.79 Å². The first-order chi connectivity index (χ1) is 10.0. The molecule has 1 amide bonds. The molecule has 0 radical (unpaired) electrons. The summed E-state index contributed by atoms with van der Waals surface area (Å²) in [6, 6.07) is 13.3. The van der Waals surface area contributed by atoms with Gasteiger partial charge in [0.05, 0.1) is 4.92 Å². The van der Waals surface area contributed by atoms with Crippen LogP contribution in [0.2, 0.25) is 0 Å². The van der Waals surface area contributed by atoms with Gasteiger partial charge in [0.1, 0.15) is 0 Å². The van der Waals surface area contributed by atoms with Crippen LogP contribution in [0.25, 0.3) is 6.08 Å². The molecule has 6 heteroatoms. The Morgan fingerprint density at radius 2 is 1.95 bits per heavy atom. The van der Waals surface area contributed by atoms with E-state index in [4.69, 9.17) is 0 Å². The zero-order valence-electron chi connectivity index (χ0n) is 10.8. The number of nitrogens with zero attached hydrogens (tertiary/aromatic N) is 1. The van der Waals surface area contributed by atoms with Gasteiger partial charge in [-0.05, 0) is 29.8 Å². The Bertz CT molecular complexity index is 714. The molecule has 0 bridgehead atoms. The second-order valence-electron chi connectivity index (χ2n) is 4.19. The molecule has 0 aromatic heterocycles. The zero-order chi connectivity index (χ0) is 15.2. The van der Waals surface area contributed by atoms with E-state index < -0.39 is 4.92 Å². The van der Waals surface area contributed by atoms with E-state index in [1.165, 1.54) is 24.3 Å². The molecule has 1 N–H and O–H groups in total. The van der Waals surface area contributed by atoms with Crippen LogP contribution in [0, 0.1) is 10.1 Å². The number of hydrogen-bond donors (Lipinski definition) is 1. The van der Waals surface area contributed by atoms with E-state index in [0.717, 1.165) is 4.47 Å². The van der Waals surface area contributed by atoms with Crippen LogP contribution in [0.1, 0.15) is 5.56 Å². The smallest absolute Gasteiger partial charge is 0.270 e. The van der Waals surface area contributed by atoms with Gasteiger partial charge in [0.2, 0.25) is 5.91 Å². The van der Waals surface area contributed by atoms with Gasteiger partial charge < -0.3 is 5.32 Å². The molecule has 0 atom stereocenters. The van der Waals surface area contributed by atoms with E-state index in [9.17, 15) is 14.9 Å². The van der Waals surface area contributed by atoms with Crippen molar-refractivity contribution in [3.05, 3.63) is 74.8 Å². The quantitative estimate of drug-likeness (QED) is 0.516. The molecule has 0 unspecified atom stereocenters. The van der Waals surface area contributed by atoms with Gasteiger partial charge in [0.15, 0.2) is 0 Å². The van der Waals surface area contributed by atoms with Gasteiger partial charge in [0.25, 0.3) is 5.69 Å². The summed E-state index contributed by atoms with van der Waals surface area (Å²) in [5.74, 6) is -0.306. The number of nitro benzene ring substituents is 1. The van der Waals surface area contributed by atoms with E-state index in [1.54, 1.807) is 24.3 Å². The highest BCUT2D eigenvalue weighted by Crippen LogP contribution is 2.16. The van der Waals surface area contributed by atoms with Gasteiger partial charge >= 0.3 is 0 Å². The number of halogens is 1. The molecule has 0 aliphatic heterocycles. The number of nitrogens with one attached hydrogen (secondary N) is 1. The van der Waals surface area contributed by atoms with Crippen LogP contribution < -0.4 is 5.32 Å². The van der Waals surface area contributed by atoms with Crippen LogP contribution >= 0.6 is 15.9 Å². The number of carbonyl (C=O) groups excluding carboxylic acids is 1. The van der Waals surface area contributed by atoms with Gasteiger partial charge in [-0.1, -0.05) is 34.1 Å². The number of non-ortho nitro benzene ring substituents is 1. The minimum atomic E-state index is -0.473. The number of amides is 1. The Morgan fingerprint density at radius 1 is 1.19 bits per heavy atom. The maximum absolute atomic E-state index is 11.8. The number of carbonyl (C=O) groups is 1. The fraction of sp³-hybridized carbons (Fsp3) is 0. The molecule has 0 aliphatic carbocycles. The Labute approximate surface area is 129 Å². The summed E-state index contributed by atoms with van der Waals surface area (Å²) in [6.07, 6.45) is 2.86. The summed E-state index contributed by atoms with van der Waals surface area (Å²) in [7, 11) is 0. The van der Waals surface area contributed by atoms with E-state index >= 15 is 0 Å². The molecular weight excluding hydrogens is 336 g/mol.